The topological polar surface area (TPSA) is 52.6 Å². The van der Waals surface area contributed by atoms with E-state index < -0.39 is 5.97 Å². The fraction of sp³-hybridized carbons (Fsp3) is 0.500. The Hall–Kier alpha value is -1.55. The van der Waals surface area contributed by atoms with Crippen LogP contribution < -0.4 is 5.32 Å². The number of anilines is 1. The molecule has 0 aliphatic rings. The largest absolute Gasteiger partial charge is 0.478 e. The van der Waals surface area contributed by atoms with E-state index in [1.54, 1.807) is 12.1 Å². The highest BCUT2D eigenvalue weighted by Gasteiger charge is 2.19. The Morgan fingerprint density at radius 3 is 2.44 bits per heavy atom. The van der Waals surface area contributed by atoms with Gasteiger partial charge in [0.15, 0.2) is 0 Å². The second-order valence-electron chi connectivity index (χ2n) is 4.25. The molecule has 4 heteroatoms. The molecule has 2 N–H and O–H groups in total. The molecular weight excluding hydrogens is 228 g/mol. The molecule has 0 amide bonds. The van der Waals surface area contributed by atoms with Crippen molar-refractivity contribution in [3.05, 3.63) is 29.3 Å². The molecule has 1 aromatic rings. The number of rotatable bonds is 6. The molecule has 0 bridgehead atoms. The fourth-order valence-electron chi connectivity index (χ4n) is 2.23. The van der Waals surface area contributed by atoms with E-state index in [2.05, 4.69) is 24.1 Å². The van der Waals surface area contributed by atoms with Crippen molar-refractivity contribution in [2.75, 3.05) is 25.5 Å². The molecule has 1 unspecified atom stereocenters. The van der Waals surface area contributed by atoms with Gasteiger partial charge in [-0.25, -0.2) is 4.79 Å². The minimum Gasteiger partial charge on any atom is -0.478 e. The van der Waals surface area contributed by atoms with Gasteiger partial charge in [0.05, 0.1) is 5.56 Å². The number of nitrogens with zero attached hydrogens (tertiary/aromatic N) is 1. The highest BCUT2D eigenvalue weighted by molar-refractivity contribution is 5.90. The highest BCUT2D eigenvalue weighted by Crippen LogP contribution is 2.26. The molecule has 1 atom stereocenters. The Kier molecular flexibility index (Phi) is 5.16. The number of nitrogens with one attached hydrogen (secondary N) is 1. The van der Waals surface area contributed by atoms with Gasteiger partial charge in [0.25, 0.3) is 0 Å². The summed E-state index contributed by atoms with van der Waals surface area (Å²) in [6, 6.07) is 5.48. The van der Waals surface area contributed by atoms with Gasteiger partial charge < -0.3 is 10.4 Å². The van der Waals surface area contributed by atoms with Crippen LogP contribution in [0.25, 0.3) is 0 Å². The first-order valence-electron chi connectivity index (χ1n) is 6.34. The fourth-order valence-corrected chi connectivity index (χ4v) is 2.23. The average molecular weight is 250 g/mol. The zero-order valence-corrected chi connectivity index (χ0v) is 11.5. The molecule has 0 aliphatic carbocycles. The Labute approximate surface area is 109 Å². The Bertz CT molecular complexity index is 414. The van der Waals surface area contributed by atoms with Gasteiger partial charge in [-0.15, -0.1) is 0 Å². The lowest BCUT2D eigenvalue weighted by molar-refractivity contribution is 0.0693. The van der Waals surface area contributed by atoms with Crippen LogP contribution in [0, 0.1) is 0 Å². The van der Waals surface area contributed by atoms with Crippen LogP contribution in [0.2, 0.25) is 0 Å². The van der Waals surface area contributed by atoms with E-state index in [9.17, 15) is 9.90 Å². The smallest absolute Gasteiger partial charge is 0.336 e. The predicted octanol–water partition coefficient (Wildman–Crippen LogP) is 2.83. The van der Waals surface area contributed by atoms with Gasteiger partial charge in [-0.2, -0.15) is 0 Å². The van der Waals surface area contributed by atoms with E-state index in [1.807, 2.05) is 20.0 Å². The maximum Gasteiger partial charge on any atom is 0.336 e. The van der Waals surface area contributed by atoms with Gasteiger partial charge in [0.2, 0.25) is 0 Å². The monoisotopic (exact) mass is 250 g/mol. The van der Waals surface area contributed by atoms with E-state index in [4.69, 9.17) is 0 Å². The molecule has 18 heavy (non-hydrogen) atoms. The first-order valence-corrected chi connectivity index (χ1v) is 6.34. The third kappa shape index (κ3) is 3.01. The van der Waals surface area contributed by atoms with Crippen LogP contribution in [0.5, 0.6) is 0 Å². The second kappa shape index (κ2) is 6.40. The molecule has 0 saturated carbocycles. The number of hydrogen-bond donors (Lipinski definition) is 2. The van der Waals surface area contributed by atoms with Gasteiger partial charge in [0.1, 0.15) is 0 Å². The second-order valence-corrected chi connectivity index (χ2v) is 4.25. The third-order valence-electron chi connectivity index (χ3n) is 3.38. The summed E-state index contributed by atoms with van der Waals surface area (Å²) in [6.07, 6.45) is 0. The van der Waals surface area contributed by atoms with E-state index >= 15 is 0 Å². The molecule has 0 spiro atoms. The normalized spacial score (nSPS) is 12.5. The molecule has 0 radical (unpaired) electrons. The standard InChI is InChI=1S/C14H22N2O2/c1-5-16(6-2)10(3)13-9-11(15-4)7-8-12(13)14(17)18/h7-10,15H,5-6H2,1-4H3,(H,17,18). The van der Waals surface area contributed by atoms with Crippen LogP contribution in [0.3, 0.4) is 0 Å². The molecule has 0 heterocycles. The first kappa shape index (κ1) is 14.5. The quantitative estimate of drug-likeness (QED) is 0.815. The summed E-state index contributed by atoms with van der Waals surface area (Å²) in [5.41, 5.74) is 2.18. The van der Waals surface area contributed by atoms with Crippen LogP contribution in [-0.4, -0.2) is 36.1 Å². The van der Waals surface area contributed by atoms with Crippen molar-refractivity contribution in [1.29, 1.82) is 0 Å². The van der Waals surface area contributed by atoms with Gasteiger partial charge in [0, 0.05) is 18.8 Å². The van der Waals surface area contributed by atoms with Crippen LogP contribution in [-0.2, 0) is 0 Å². The molecule has 1 aromatic carbocycles. The van der Waals surface area contributed by atoms with Gasteiger partial charge in [-0.05, 0) is 43.8 Å². The number of aromatic carboxylic acids is 1. The summed E-state index contributed by atoms with van der Waals surface area (Å²) < 4.78 is 0. The van der Waals surface area contributed by atoms with Crippen molar-refractivity contribution >= 4 is 11.7 Å². The number of carboxylic acid groups (broad SMARTS) is 1. The van der Waals surface area contributed by atoms with Crippen LogP contribution in [0.1, 0.15) is 42.7 Å². The lowest BCUT2D eigenvalue weighted by Crippen LogP contribution is -2.27. The first-order chi connectivity index (χ1) is 8.54. The van der Waals surface area contributed by atoms with Crippen molar-refractivity contribution in [3.63, 3.8) is 0 Å². The number of carboxylic acids is 1. The molecular formula is C14H22N2O2. The summed E-state index contributed by atoms with van der Waals surface area (Å²) >= 11 is 0. The minimum absolute atomic E-state index is 0.0967. The Balaban J connectivity index is 3.21. The van der Waals surface area contributed by atoms with Crippen molar-refractivity contribution in [2.45, 2.75) is 26.8 Å². The number of carbonyl (C=O) groups is 1. The Morgan fingerprint density at radius 2 is 2.00 bits per heavy atom. The van der Waals surface area contributed by atoms with Gasteiger partial charge >= 0.3 is 5.97 Å². The average Bonchev–Trinajstić information content (AvgIpc) is 2.39. The van der Waals surface area contributed by atoms with Crippen molar-refractivity contribution < 1.29 is 9.90 Å². The lowest BCUT2D eigenvalue weighted by atomic mass is 9.99. The summed E-state index contributed by atoms with van der Waals surface area (Å²) in [6.45, 7) is 8.03. The van der Waals surface area contributed by atoms with Crippen molar-refractivity contribution in [1.82, 2.24) is 4.90 Å². The highest BCUT2D eigenvalue weighted by atomic mass is 16.4. The van der Waals surface area contributed by atoms with Crippen LogP contribution in [0.4, 0.5) is 5.69 Å². The summed E-state index contributed by atoms with van der Waals surface area (Å²) in [7, 11) is 1.83. The molecule has 0 saturated heterocycles. The number of hydrogen-bond acceptors (Lipinski definition) is 3. The Morgan fingerprint density at radius 1 is 1.39 bits per heavy atom. The molecule has 0 fully saturated rings. The zero-order valence-electron chi connectivity index (χ0n) is 11.5. The minimum atomic E-state index is -0.869. The van der Waals surface area contributed by atoms with Gasteiger partial charge in [-0.3, -0.25) is 4.90 Å². The molecule has 0 aromatic heterocycles. The van der Waals surface area contributed by atoms with Gasteiger partial charge in [-0.1, -0.05) is 13.8 Å². The van der Waals surface area contributed by atoms with Crippen LogP contribution in [0.15, 0.2) is 18.2 Å². The van der Waals surface area contributed by atoms with E-state index in [-0.39, 0.29) is 6.04 Å². The molecule has 4 nitrogen and oxygen atoms in total. The number of benzene rings is 1. The maximum absolute atomic E-state index is 11.3. The molecule has 100 valence electrons. The SMILES string of the molecule is CCN(CC)C(C)c1cc(NC)ccc1C(=O)O. The third-order valence-corrected chi connectivity index (χ3v) is 3.38. The maximum atomic E-state index is 11.3. The van der Waals surface area contributed by atoms with Crippen LogP contribution >= 0.6 is 0 Å². The van der Waals surface area contributed by atoms with E-state index in [1.165, 1.54) is 0 Å². The summed E-state index contributed by atoms with van der Waals surface area (Å²) in [4.78, 5) is 13.5. The summed E-state index contributed by atoms with van der Waals surface area (Å²) in [5, 5.41) is 12.3. The van der Waals surface area contributed by atoms with Crippen molar-refractivity contribution in [2.24, 2.45) is 0 Å². The molecule has 0 aliphatic heterocycles. The van der Waals surface area contributed by atoms with Crippen molar-refractivity contribution in [3.8, 4) is 0 Å². The summed E-state index contributed by atoms with van der Waals surface area (Å²) in [5.74, 6) is -0.869. The zero-order chi connectivity index (χ0) is 13.7. The lowest BCUT2D eigenvalue weighted by Gasteiger charge is -2.28. The van der Waals surface area contributed by atoms with E-state index in [0.29, 0.717) is 5.56 Å². The molecule has 1 rings (SSSR count). The predicted molar refractivity (Wildman–Crippen MR) is 74.3 cm³/mol. The van der Waals surface area contributed by atoms with E-state index in [0.717, 1.165) is 24.3 Å².